The second kappa shape index (κ2) is 9.98. The first-order chi connectivity index (χ1) is 15.3. The first-order valence-corrected chi connectivity index (χ1v) is 10.7. The summed E-state index contributed by atoms with van der Waals surface area (Å²) in [6.07, 6.45) is 4.41. The van der Waals surface area contributed by atoms with Gasteiger partial charge >= 0.3 is 6.09 Å². The molecule has 3 aromatic carbocycles. The molecule has 1 amide bonds. The minimum atomic E-state index is -0.381. The van der Waals surface area contributed by atoms with Gasteiger partial charge in [0.2, 0.25) is 0 Å². The average molecular weight is 414 g/mol. The van der Waals surface area contributed by atoms with E-state index in [1.54, 1.807) is 0 Å². The minimum Gasteiger partial charge on any atom is -0.494 e. The first kappa shape index (κ1) is 20.7. The molecule has 31 heavy (non-hydrogen) atoms. The maximum Gasteiger partial charge on any atom is 0.407 e. The van der Waals surface area contributed by atoms with E-state index in [2.05, 4.69) is 29.6 Å². The minimum absolute atomic E-state index is 0.0793. The molecule has 1 aliphatic carbocycles. The summed E-state index contributed by atoms with van der Waals surface area (Å²) in [6.45, 7) is 3.48. The zero-order valence-corrected chi connectivity index (χ0v) is 17.7. The van der Waals surface area contributed by atoms with Crippen molar-refractivity contribution >= 4 is 12.2 Å². The third kappa shape index (κ3) is 4.97. The van der Waals surface area contributed by atoms with Crippen molar-refractivity contribution in [2.24, 2.45) is 0 Å². The zero-order chi connectivity index (χ0) is 21.5. The van der Waals surface area contributed by atoms with Gasteiger partial charge in [0.15, 0.2) is 0 Å². The Balaban J connectivity index is 1.25. The van der Waals surface area contributed by atoms with Crippen LogP contribution in [0.4, 0.5) is 4.79 Å². The van der Waals surface area contributed by atoms with Gasteiger partial charge in [0, 0.05) is 12.5 Å². The summed E-state index contributed by atoms with van der Waals surface area (Å²) in [5, 5.41) is 2.84. The summed E-state index contributed by atoms with van der Waals surface area (Å²) in [5.41, 5.74) is 5.96. The average Bonchev–Trinajstić information content (AvgIpc) is 3.12. The van der Waals surface area contributed by atoms with Crippen LogP contribution < -0.4 is 10.1 Å². The van der Waals surface area contributed by atoms with Gasteiger partial charge in [-0.2, -0.15) is 0 Å². The second-order valence-corrected chi connectivity index (χ2v) is 7.45. The smallest absolute Gasteiger partial charge is 0.407 e. The van der Waals surface area contributed by atoms with Crippen molar-refractivity contribution < 1.29 is 14.3 Å². The lowest BCUT2D eigenvalue weighted by Crippen LogP contribution is -2.26. The van der Waals surface area contributed by atoms with Crippen molar-refractivity contribution in [2.45, 2.75) is 19.3 Å². The highest BCUT2D eigenvalue weighted by atomic mass is 16.5. The summed E-state index contributed by atoms with van der Waals surface area (Å²) >= 11 is 0. The van der Waals surface area contributed by atoms with Crippen LogP contribution in [-0.2, 0) is 4.74 Å². The van der Waals surface area contributed by atoms with E-state index in [1.807, 2.05) is 67.6 Å². The van der Waals surface area contributed by atoms with Gasteiger partial charge in [-0.15, -0.1) is 0 Å². The van der Waals surface area contributed by atoms with E-state index in [0.717, 1.165) is 17.7 Å². The maximum atomic E-state index is 12.2. The van der Waals surface area contributed by atoms with Crippen LogP contribution in [0.1, 0.15) is 36.0 Å². The normalized spacial score (nSPS) is 12.4. The van der Waals surface area contributed by atoms with E-state index in [-0.39, 0.29) is 12.0 Å². The van der Waals surface area contributed by atoms with Crippen LogP contribution in [0.25, 0.3) is 17.2 Å². The maximum absolute atomic E-state index is 12.2. The molecule has 0 radical (unpaired) electrons. The molecule has 1 aliphatic rings. The lowest BCUT2D eigenvalue weighted by molar-refractivity contribution is 0.143. The largest absolute Gasteiger partial charge is 0.494 e. The molecule has 4 nitrogen and oxygen atoms in total. The first-order valence-electron chi connectivity index (χ1n) is 10.7. The van der Waals surface area contributed by atoms with Gasteiger partial charge < -0.3 is 14.8 Å². The van der Waals surface area contributed by atoms with Crippen LogP contribution in [0.5, 0.6) is 5.75 Å². The van der Waals surface area contributed by atoms with E-state index in [0.29, 0.717) is 19.8 Å². The number of hydrogen-bond acceptors (Lipinski definition) is 3. The van der Waals surface area contributed by atoms with Crippen molar-refractivity contribution in [3.05, 3.63) is 95.6 Å². The Morgan fingerprint density at radius 1 is 0.968 bits per heavy atom. The van der Waals surface area contributed by atoms with Crippen LogP contribution in [0.2, 0.25) is 0 Å². The number of amides is 1. The van der Waals surface area contributed by atoms with Crippen molar-refractivity contribution in [1.82, 2.24) is 5.32 Å². The van der Waals surface area contributed by atoms with E-state index in [4.69, 9.17) is 9.47 Å². The molecule has 0 atom stereocenters. The van der Waals surface area contributed by atoms with Crippen LogP contribution >= 0.6 is 0 Å². The molecule has 0 heterocycles. The number of fused-ring (bicyclic) bond motifs is 3. The molecule has 4 heteroatoms. The SMILES string of the molecule is CCOc1cccc(C=CCCNC(=O)OCC2c3ccccc3-c3ccccc32)c1. The molecule has 0 aliphatic heterocycles. The molecule has 0 saturated carbocycles. The summed E-state index contributed by atoms with van der Waals surface area (Å²) in [6, 6.07) is 24.6. The Kier molecular flexibility index (Phi) is 6.68. The highest BCUT2D eigenvalue weighted by Gasteiger charge is 2.28. The Morgan fingerprint density at radius 2 is 1.68 bits per heavy atom. The Morgan fingerprint density at radius 3 is 2.39 bits per heavy atom. The van der Waals surface area contributed by atoms with Crippen LogP contribution in [-0.4, -0.2) is 25.9 Å². The van der Waals surface area contributed by atoms with Crippen LogP contribution in [0, 0.1) is 0 Å². The van der Waals surface area contributed by atoms with Gasteiger partial charge in [-0.05, 0) is 53.3 Å². The number of benzene rings is 3. The molecule has 0 bridgehead atoms. The van der Waals surface area contributed by atoms with E-state index < -0.39 is 0 Å². The molecule has 4 rings (SSSR count). The van der Waals surface area contributed by atoms with Crippen LogP contribution in [0.15, 0.2) is 78.9 Å². The number of nitrogens with one attached hydrogen (secondary N) is 1. The molecular formula is C27H27NO3. The number of carbonyl (C=O) groups is 1. The number of carbonyl (C=O) groups excluding carboxylic acids is 1. The molecule has 158 valence electrons. The van der Waals surface area contributed by atoms with Gasteiger partial charge in [-0.25, -0.2) is 4.79 Å². The molecule has 0 aromatic heterocycles. The Hall–Kier alpha value is -3.53. The predicted octanol–water partition coefficient (Wildman–Crippen LogP) is 6.03. The summed E-state index contributed by atoms with van der Waals surface area (Å²) in [4.78, 5) is 12.2. The highest BCUT2D eigenvalue weighted by Crippen LogP contribution is 2.44. The van der Waals surface area contributed by atoms with Gasteiger partial charge in [-0.1, -0.05) is 72.8 Å². The molecule has 1 N–H and O–H groups in total. The topological polar surface area (TPSA) is 47.6 Å². The highest BCUT2D eigenvalue weighted by molar-refractivity contribution is 5.79. The number of hydrogen-bond donors (Lipinski definition) is 1. The van der Waals surface area contributed by atoms with Gasteiger partial charge in [0.05, 0.1) is 6.61 Å². The molecule has 0 spiro atoms. The second-order valence-electron chi connectivity index (χ2n) is 7.45. The third-order valence-electron chi connectivity index (χ3n) is 5.40. The zero-order valence-electron chi connectivity index (χ0n) is 17.7. The lowest BCUT2D eigenvalue weighted by Gasteiger charge is -2.14. The van der Waals surface area contributed by atoms with Gasteiger partial charge in [0.25, 0.3) is 0 Å². The molecule has 0 saturated heterocycles. The fourth-order valence-corrected chi connectivity index (χ4v) is 4.00. The Bertz CT molecular complexity index is 1030. The van der Waals surface area contributed by atoms with E-state index in [1.165, 1.54) is 22.3 Å². The monoisotopic (exact) mass is 413 g/mol. The van der Waals surface area contributed by atoms with Gasteiger partial charge in [-0.3, -0.25) is 0 Å². The number of alkyl carbamates (subject to hydrolysis) is 1. The summed E-state index contributed by atoms with van der Waals surface area (Å²) in [5.74, 6) is 0.942. The van der Waals surface area contributed by atoms with Crippen molar-refractivity contribution in [1.29, 1.82) is 0 Å². The third-order valence-corrected chi connectivity index (χ3v) is 5.40. The standard InChI is InChI=1S/C27H27NO3/c1-2-30-21-12-9-11-20(18-21)10-7-8-17-28-27(29)31-19-26-24-15-5-3-13-22(24)23-14-4-6-16-25(23)26/h3-7,9-16,18,26H,2,8,17,19H2,1H3,(H,28,29). The van der Waals surface area contributed by atoms with Crippen LogP contribution in [0.3, 0.4) is 0 Å². The summed E-state index contributed by atoms with van der Waals surface area (Å²) in [7, 11) is 0. The van der Waals surface area contributed by atoms with Crippen molar-refractivity contribution in [3.8, 4) is 16.9 Å². The van der Waals surface area contributed by atoms with E-state index in [9.17, 15) is 4.79 Å². The van der Waals surface area contributed by atoms with Crippen molar-refractivity contribution in [2.75, 3.05) is 19.8 Å². The fourth-order valence-electron chi connectivity index (χ4n) is 4.00. The number of rotatable bonds is 8. The number of ether oxygens (including phenoxy) is 2. The van der Waals surface area contributed by atoms with Gasteiger partial charge in [0.1, 0.15) is 12.4 Å². The quantitative estimate of drug-likeness (QED) is 0.459. The summed E-state index contributed by atoms with van der Waals surface area (Å²) < 4.78 is 11.1. The molecule has 0 fully saturated rings. The Labute approximate surface area is 183 Å². The molecular weight excluding hydrogens is 386 g/mol. The molecule has 3 aromatic rings. The van der Waals surface area contributed by atoms with E-state index >= 15 is 0 Å². The lowest BCUT2D eigenvalue weighted by atomic mass is 9.98. The fraction of sp³-hybridized carbons (Fsp3) is 0.222. The predicted molar refractivity (Wildman–Crippen MR) is 124 cm³/mol. The van der Waals surface area contributed by atoms with Crippen molar-refractivity contribution in [3.63, 3.8) is 0 Å². The molecule has 0 unspecified atom stereocenters.